The van der Waals surface area contributed by atoms with Crippen LogP contribution in [0.1, 0.15) is 57.4 Å². The van der Waals surface area contributed by atoms with Crippen molar-refractivity contribution in [2.45, 2.75) is 70.4 Å². The number of fused-ring (bicyclic) bond motifs is 3. The maximum absolute atomic E-state index is 12.7. The molecule has 31 heavy (non-hydrogen) atoms. The van der Waals surface area contributed by atoms with Gasteiger partial charge in [-0.3, -0.25) is 14.0 Å². The van der Waals surface area contributed by atoms with E-state index in [1.807, 2.05) is 4.31 Å². The van der Waals surface area contributed by atoms with Crippen LogP contribution in [0.5, 0.6) is 6.01 Å². The lowest BCUT2D eigenvalue weighted by atomic mass is 10.0. The first-order valence-electron chi connectivity index (χ1n) is 10.7. The summed E-state index contributed by atoms with van der Waals surface area (Å²) in [5.74, 6) is 3.83. The fraction of sp³-hybridized carbons (Fsp3) is 0.571. The molecule has 2 bridgehead atoms. The van der Waals surface area contributed by atoms with Gasteiger partial charge in [-0.15, -0.1) is 0 Å². The molecule has 0 amide bonds. The molecule has 2 saturated heterocycles. The topological polar surface area (TPSA) is 118 Å². The molecule has 0 spiro atoms. The number of rotatable bonds is 7. The first-order valence-corrected chi connectivity index (χ1v) is 12.8. The monoisotopic (exact) mass is 448 g/mol. The minimum atomic E-state index is -2.26. The zero-order valence-electron chi connectivity index (χ0n) is 17.9. The average Bonchev–Trinajstić information content (AvgIpc) is 2.98. The van der Waals surface area contributed by atoms with Gasteiger partial charge in [0.2, 0.25) is 5.71 Å². The number of oxime groups is 1. The molecule has 0 aliphatic carbocycles. The number of hydrogen-bond donors (Lipinski definition) is 1. The summed E-state index contributed by atoms with van der Waals surface area (Å²) in [4.78, 5) is 36.7. The van der Waals surface area contributed by atoms with Crippen molar-refractivity contribution in [3.05, 3.63) is 32.4 Å². The number of unbranched alkanes of at least 4 members (excludes halogenated alkanes) is 2. The van der Waals surface area contributed by atoms with E-state index < -0.39 is 20.9 Å². The van der Waals surface area contributed by atoms with Gasteiger partial charge in [0.1, 0.15) is 5.39 Å². The lowest BCUT2D eigenvalue weighted by Crippen LogP contribution is -2.46. The van der Waals surface area contributed by atoms with Crippen molar-refractivity contribution in [1.29, 1.82) is 0 Å². The van der Waals surface area contributed by atoms with Gasteiger partial charge in [0.05, 0.1) is 5.71 Å². The number of H-pyrrole nitrogens is 1. The number of aromatic amines is 1. The number of nitrogens with one attached hydrogen (secondary N) is 1. The van der Waals surface area contributed by atoms with Crippen LogP contribution in [0, 0.1) is 0 Å². The fourth-order valence-corrected chi connectivity index (χ4v) is 6.32. The Morgan fingerprint density at radius 2 is 2.03 bits per heavy atom. The molecule has 2 aromatic rings. The Bertz CT molecular complexity index is 1210. The van der Waals surface area contributed by atoms with E-state index in [-0.39, 0.29) is 29.2 Å². The molecule has 2 aromatic heterocycles. The average molecular weight is 449 g/mol. The first kappa shape index (κ1) is 21.8. The van der Waals surface area contributed by atoms with Crippen LogP contribution < -0.4 is 16.0 Å². The Labute approximate surface area is 180 Å². The molecular formula is C21H28N4O5S. The molecule has 168 valence electrons. The Morgan fingerprint density at radius 1 is 1.32 bits per heavy atom. The van der Waals surface area contributed by atoms with Crippen LogP contribution in [0.3, 0.4) is 0 Å². The van der Waals surface area contributed by atoms with E-state index in [9.17, 15) is 13.8 Å². The molecule has 3 atom stereocenters. The van der Waals surface area contributed by atoms with E-state index in [4.69, 9.17) is 9.25 Å². The number of aromatic nitrogens is 2. The fourth-order valence-electron chi connectivity index (χ4n) is 4.70. The van der Waals surface area contributed by atoms with Crippen LogP contribution in [-0.4, -0.2) is 48.4 Å². The van der Waals surface area contributed by atoms with Crippen LogP contribution >= 0.6 is 0 Å². The van der Waals surface area contributed by atoms with Gasteiger partial charge in [0, 0.05) is 47.0 Å². The summed E-state index contributed by atoms with van der Waals surface area (Å²) in [6.07, 6.45) is 8.35. The zero-order valence-corrected chi connectivity index (χ0v) is 18.7. The standard InChI is InChI=1S/C21H28N4O5S/c1-4-5-6-7-13-10-17(26)29-20-18(13)19(27)22-21(23-20)30-24-14-11-15-8-9-16(12-14)25(15)31(2,3)28/h10,15-16H,2,4-9,11-12H2,1,3H3,(H,22,23,27). The molecule has 3 unspecified atom stereocenters. The van der Waals surface area contributed by atoms with Gasteiger partial charge in [0.15, 0.2) is 0 Å². The molecule has 2 aliphatic heterocycles. The maximum atomic E-state index is 12.7. The van der Waals surface area contributed by atoms with E-state index >= 15 is 0 Å². The van der Waals surface area contributed by atoms with Crippen LogP contribution in [0.15, 0.2) is 25.2 Å². The van der Waals surface area contributed by atoms with E-state index in [1.54, 1.807) is 6.26 Å². The summed E-state index contributed by atoms with van der Waals surface area (Å²) in [5, 5.41) is 4.46. The van der Waals surface area contributed by atoms with E-state index in [2.05, 4.69) is 27.9 Å². The first-order chi connectivity index (χ1) is 14.8. The van der Waals surface area contributed by atoms with Crippen molar-refractivity contribution in [1.82, 2.24) is 14.3 Å². The molecule has 0 radical (unpaired) electrons. The second-order valence-corrected chi connectivity index (χ2v) is 10.8. The highest BCUT2D eigenvalue weighted by Crippen LogP contribution is 2.36. The van der Waals surface area contributed by atoms with Crippen LogP contribution in [0.2, 0.25) is 0 Å². The lowest BCUT2D eigenvalue weighted by Gasteiger charge is -2.35. The Hall–Kier alpha value is -2.46. The highest BCUT2D eigenvalue weighted by Gasteiger charge is 2.42. The summed E-state index contributed by atoms with van der Waals surface area (Å²) in [6, 6.07) is 1.49. The number of nitrogens with zero attached hydrogens (tertiary/aromatic N) is 3. The molecule has 2 fully saturated rings. The van der Waals surface area contributed by atoms with Crippen molar-refractivity contribution in [3.63, 3.8) is 0 Å². The summed E-state index contributed by atoms with van der Waals surface area (Å²) >= 11 is 0. The summed E-state index contributed by atoms with van der Waals surface area (Å²) in [5.41, 5.74) is 0.440. The largest absolute Gasteiger partial charge is 0.403 e. The maximum Gasteiger partial charge on any atom is 0.337 e. The predicted molar refractivity (Wildman–Crippen MR) is 121 cm³/mol. The van der Waals surface area contributed by atoms with E-state index in [1.165, 1.54) is 6.07 Å². The highest BCUT2D eigenvalue weighted by atomic mass is 32.2. The summed E-state index contributed by atoms with van der Waals surface area (Å²) in [6.45, 7) is 2.09. The molecule has 4 rings (SSSR count). The van der Waals surface area contributed by atoms with Gasteiger partial charge in [-0.1, -0.05) is 24.9 Å². The number of hydrogen-bond acceptors (Lipinski definition) is 7. The predicted octanol–water partition coefficient (Wildman–Crippen LogP) is 2.23. The number of aryl methyl sites for hydroxylation is 1. The third-order valence-corrected chi connectivity index (χ3v) is 7.42. The second kappa shape index (κ2) is 8.58. The Balaban J connectivity index is 1.56. The van der Waals surface area contributed by atoms with Gasteiger partial charge in [-0.05, 0) is 37.1 Å². The normalized spacial score (nSPS) is 23.1. The quantitative estimate of drug-likeness (QED) is 0.394. The molecule has 1 N–H and O–H groups in total. The molecule has 10 heteroatoms. The Morgan fingerprint density at radius 3 is 2.68 bits per heavy atom. The van der Waals surface area contributed by atoms with Crippen molar-refractivity contribution >= 4 is 32.4 Å². The second-order valence-electron chi connectivity index (χ2n) is 8.46. The lowest BCUT2D eigenvalue weighted by molar-refractivity contribution is 0.289. The minimum Gasteiger partial charge on any atom is -0.403 e. The minimum absolute atomic E-state index is 0.0457. The molecule has 2 aliphatic rings. The van der Waals surface area contributed by atoms with Gasteiger partial charge >= 0.3 is 11.6 Å². The van der Waals surface area contributed by atoms with Crippen LogP contribution in [0.4, 0.5) is 0 Å². The summed E-state index contributed by atoms with van der Waals surface area (Å²) < 4.78 is 19.6. The van der Waals surface area contributed by atoms with Gasteiger partial charge < -0.3 is 9.25 Å². The number of piperidine rings is 1. The molecule has 0 saturated carbocycles. The van der Waals surface area contributed by atoms with Crippen LogP contribution in [-0.2, 0) is 16.1 Å². The van der Waals surface area contributed by atoms with Crippen molar-refractivity contribution < 1.29 is 13.5 Å². The van der Waals surface area contributed by atoms with Crippen molar-refractivity contribution in [2.24, 2.45) is 5.16 Å². The van der Waals surface area contributed by atoms with Crippen molar-refractivity contribution in [2.75, 3.05) is 6.26 Å². The molecule has 4 heterocycles. The van der Waals surface area contributed by atoms with Gasteiger partial charge in [-0.25, -0.2) is 9.10 Å². The SMILES string of the molecule is C=S(C)(=O)N1C2CCC1CC(=NOc1nc3oc(=O)cc(CCCCC)c3c(=O)[nH]1)C2. The van der Waals surface area contributed by atoms with Gasteiger partial charge in [-0.2, -0.15) is 4.98 Å². The smallest absolute Gasteiger partial charge is 0.337 e. The summed E-state index contributed by atoms with van der Waals surface area (Å²) in [7, 11) is -2.26. The Kier molecular flexibility index (Phi) is 6.02. The molecule has 9 nitrogen and oxygen atoms in total. The van der Waals surface area contributed by atoms with Gasteiger partial charge in [0.25, 0.3) is 5.56 Å². The van der Waals surface area contributed by atoms with E-state index in [0.717, 1.165) is 37.8 Å². The third kappa shape index (κ3) is 4.59. The molecular weight excluding hydrogens is 420 g/mol. The van der Waals surface area contributed by atoms with Crippen LogP contribution in [0.25, 0.3) is 11.1 Å². The molecule has 0 aromatic carbocycles. The third-order valence-electron chi connectivity index (χ3n) is 5.93. The van der Waals surface area contributed by atoms with E-state index in [0.29, 0.717) is 24.8 Å². The highest BCUT2D eigenvalue weighted by molar-refractivity contribution is 7.97. The van der Waals surface area contributed by atoms with Crippen molar-refractivity contribution in [3.8, 4) is 6.01 Å². The zero-order chi connectivity index (χ0) is 22.2.